The van der Waals surface area contributed by atoms with Gasteiger partial charge in [0.15, 0.2) is 5.96 Å². The molecule has 2 aliphatic rings. The van der Waals surface area contributed by atoms with Gasteiger partial charge >= 0.3 is 6.03 Å². The number of amides is 3. The van der Waals surface area contributed by atoms with E-state index in [-0.39, 0.29) is 23.8 Å². The summed E-state index contributed by atoms with van der Waals surface area (Å²) in [6.45, 7) is 7.80. The van der Waals surface area contributed by atoms with E-state index < -0.39 is 5.54 Å². The normalized spacial score (nSPS) is 22.9. The van der Waals surface area contributed by atoms with Gasteiger partial charge in [-0.1, -0.05) is 37.6 Å². The Morgan fingerprint density at radius 2 is 2.00 bits per heavy atom. The van der Waals surface area contributed by atoms with Gasteiger partial charge in [-0.15, -0.1) is 0 Å². The number of rotatable bonds is 5. The quantitative estimate of drug-likeness (QED) is 0.678. The lowest BCUT2D eigenvalue weighted by Crippen LogP contribution is -2.46. The molecule has 0 aliphatic carbocycles. The molecule has 0 saturated carbocycles. The van der Waals surface area contributed by atoms with Crippen LogP contribution in [-0.4, -0.2) is 52.9 Å². The number of halogens is 1. The monoisotopic (exact) mass is 419 g/mol. The molecule has 3 rings (SSSR count). The van der Waals surface area contributed by atoms with E-state index in [4.69, 9.17) is 17.0 Å². The second-order valence-electron chi connectivity index (χ2n) is 8.66. The molecule has 8 heteroatoms. The molecule has 0 aromatic heterocycles. The molecule has 1 aromatic rings. The first-order chi connectivity index (χ1) is 13.7. The van der Waals surface area contributed by atoms with Crippen molar-refractivity contribution in [1.82, 2.24) is 15.1 Å². The molecule has 7 nitrogen and oxygen atoms in total. The first-order valence-electron chi connectivity index (χ1n) is 10.2. The highest BCUT2D eigenvalue weighted by Gasteiger charge is 2.46. The number of para-hydroxylation sites is 1. The van der Waals surface area contributed by atoms with Crippen molar-refractivity contribution >= 4 is 35.2 Å². The van der Waals surface area contributed by atoms with Crippen molar-refractivity contribution < 1.29 is 9.59 Å². The van der Waals surface area contributed by atoms with E-state index in [1.807, 2.05) is 19.1 Å². The van der Waals surface area contributed by atoms with Gasteiger partial charge in [-0.3, -0.25) is 15.1 Å². The molecule has 3 amide bonds. The van der Waals surface area contributed by atoms with Crippen LogP contribution in [0, 0.1) is 17.2 Å². The Labute approximate surface area is 177 Å². The summed E-state index contributed by atoms with van der Waals surface area (Å²) in [6.07, 6.45) is 2.30. The molecule has 2 fully saturated rings. The van der Waals surface area contributed by atoms with Crippen molar-refractivity contribution in [2.45, 2.75) is 45.6 Å². The number of anilines is 1. The smallest absolute Gasteiger partial charge is 0.321 e. The standard InChI is InChI=1S/C21H30ClN5O2/c1-14(2)12-21(3)18(28)27(19(23)25-21)13-15-8-10-26(11-9-15)20(29)24-17-7-5-4-6-16(17)22/h4-7,14-15H,8-13H2,1-3H3,(H2,23,25)(H,24,29). The zero-order valence-electron chi connectivity index (χ0n) is 17.3. The van der Waals surface area contributed by atoms with Gasteiger partial charge in [-0.2, -0.15) is 0 Å². The lowest BCUT2D eigenvalue weighted by atomic mass is 9.90. The van der Waals surface area contributed by atoms with Crippen LogP contribution < -0.4 is 10.6 Å². The lowest BCUT2D eigenvalue weighted by Gasteiger charge is -2.33. The van der Waals surface area contributed by atoms with Gasteiger partial charge in [0.2, 0.25) is 0 Å². The second kappa shape index (κ2) is 8.61. The van der Waals surface area contributed by atoms with E-state index in [0.717, 1.165) is 12.8 Å². The van der Waals surface area contributed by atoms with Gasteiger partial charge in [-0.05, 0) is 50.2 Å². The van der Waals surface area contributed by atoms with Crippen molar-refractivity contribution in [3.63, 3.8) is 0 Å². The molecule has 0 bridgehead atoms. The average molecular weight is 420 g/mol. The molecule has 2 saturated heterocycles. The van der Waals surface area contributed by atoms with Crippen molar-refractivity contribution in [3.8, 4) is 0 Å². The van der Waals surface area contributed by atoms with E-state index >= 15 is 0 Å². The number of benzene rings is 1. The topological polar surface area (TPSA) is 88.5 Å². The molecule has 1 aromatic carbocycles. The molecule has 2 aliphatic heterocycles. The maximum Gasteiger partial charge on any atom is 0.321 e. The highest BCUT2D eigenvalue weighted by molar-refractivity contribution is 6.33. The summed E-state index contributed by atoms with van der Waals surface area (Å²) in [5.74, 6) is 0.808. The van der Waals surface area contributed by atoms with Crippen molar-refractivity contribution in [1.29, 1.82) is 5.41 Å². The number of likely N-dealkylation sites (tertiary alicyclic amines) is 1. The van der Waals surface area contributed by atoms with E-state index in [0.29, 0.717) is 42.7 Å². The maximum absolute atomic E-state index is 12.9. The fourth-order valence-electron chi connectivity index (χ4n) is 4.24. The lowest BCUT2D eigenvalue weighted by molar-refractivity contribution is -0.131. The van der Waals surface area contributed by atoms with E-state index in [9.17, 15) is 9.59 Å². The number of urea groups is 1. The zero-order valence-corrected chi connectivity index (χ0v) is 18.1. The van der Waals surface area contributed by atoms with Crippen molar-refractivity contribution in [2.75, 3.05) is 25.0 Å². The van der Waals surface area contributed by atoms with Crippen LogP contribution in [0.4, 0.5) is 10.5 Å². The van der Waals surface area contributed by atoms with Crippen LogP contribution in [0.5, 0.6) is 0 Å². The molecule has 3 N–H and O–H groups in total. The molecule has 0 spiro atoms. The van der Waals surface area contributed by atoms with Gasteiger partial charge < -0.3 is 15.5 Å². The number of carbonyl (C=O) groups is 2. The fraction of sp³-hybridized carbons (Fsp3) is 0.571. The van der Waals surface area contributed by atoms with Crippen LogP contribution >= 0.6 is 11.6 Å². The number of carbonyl (C=O) groups excluding carboxylic acids is 2. The summed E-state index contributed by atoms with van der Waals surface area (Å²) in [6, 6.07) is 7.01. The van der Waals surface area contributed by atoms with Crippen molar-refractivity contribution in [2.24, 2.45) is 11.8 Å². The minimum Gasteiger partial charge on any atom is -0.342 e. The Morgan fingerprint density at radius 3 is 2.62 bits per heavy atom. The van der Waals surface area contributed by atoms with Gasteiger partial charge in [-0.25, -0.2) is 4.79 Å². The first kappa shape index (κ1) is 21.4. The van der Waals surface area contributed by atoms with Crippen LogP contribution in [0.3, 0.4) is 0 Å². The van der Waals surface area contributed by atoms with Crippen LogP contribution in [-0.2, 0) is 4.79 Å². The van der Waals surface area contributed by atoms with Crippen molar-refractivity contribution in [3.05, 3.63) is 29.3 Å². The van der Waals surface area contributed by atoms with Crippen LogP contribution in [0.25, 0.3) is 0 Å². The SMILES string of the molecule is CC(C)CC1(C)NC(=N)N(CC2CCN(C(=O)Nc3ccccc3Cl)CC2)C1=O. The number of nitrogens with zero attached hydrogens (tertiary/aromatic N) is 2. The third-order valence-corrected chi connectivity index (χ3v) is 5.99. The van der Waals surface area contributed by atoms with Crippen LogP contribution in [0.1, 0.15) is 40.0 Å². The molecule has 2 heterocycles. The van der Waals surface area contributed by atoms with Gasteiger partial charge in [0.25, 0.3) is 5.91 Å². The van der Waals surface area contributed by atoms with E-state index in [1.165, 1.54) is 0 Å². The predicted molar refractivity (Wildman–Crippen MR) is 115 cm³/mol. The first-order valence-corrected chi connectivity index (χ1v) is 10.6. The second-order valence-corrected chi connectivity index (χ2v) is 9.07. The highest BCUT2D eigenvalue weighted by atomic mass is 35.5. The summed E-state index contributed by atoms with van der Waals surface area (Å²) >= 11 is 6.11. The Bertz CT molecular complexity index is 791. The largest absolute Gasteiger partial charge is 0.342 e. The Morgan fingerprint density at radius 1 is 1.34 bits per heavy atom. The third-order valence-electron chi connectivity index (χ3n) is 5.66. The molecule has 1 atom stereocenters. The maximum atomic E-state index is 12.9. The summed E-state index contributed by atoms with van der Waals surface area (Å²) in [5.41, 5.74) is -0.0891. The fourth-order valence-corrected chi connectivity index (χ4v) is 4.43. The van der Waals surface area contributed by atoms with Gasteiger partial charge in [0.1, 0.15) is 5.54 Å². The molecule has 158 valence electrons. The van der Waals surface area contributed by atoms with Crippen LogP contribution in [0.15, 0.2) is 24.3 Å². The van der Waals surface area contributed by atoms with Crippen LogP contribution in [0.2, 0.25) is 5.02 Å². The number of hydrogen-bond donors (Lipinski definition) is 3. The number of guanidine groups is 1. The predicted octanol–water partition coefficient (Wildman–Crippen LogP) is 3.76. The summed E-state index contributed by atoms with van der Waals surface area (Å²) in [4.78, 5) is 28.8. The minimum absolute atomic E-state index is 0.0184. The number of nitrogens with one attached hydrogen (secondary N) is 3. The molecule has 0 radical (unpaired) electrons. The number of hydrogen-bond acceptors (Lipinski definition) is 3. The molecular weight excluding hydrogens is 390 g/mol. The minimum atomic E-state index is -0.694. The van der Waals surface area contributed by atoms with Gasteiger partial charge in [0.05, 0.1) is 10.7 Å². The Hall–Kier alpha value is -2.28. The summed E-state index contributed by atoms with van der Waals surface area (Å²) < 4.78 is 0. The molecular formula is C21H30ClN5O2. The summed E-state index contributed by atoms with van der Waals surface area (Å²) in [5, 5.41) is 14.7. The van der Waals surface area contributed by atoms with E-state index in [2.05, 4.69) is 24.5 Å². The highest BCUT2D eigenvalue weighted by Crippen LogP contribution is 2.28. The number of piperidine rings is 1. The summed E-state index contributed by atoms with van der Waals surface area (Å²) in [7, 11) is 0. The third kappa shape index (κ3) is 4.83. The molecule has 29 heavy (non-hydrogen) atoms. The zero-order chi connectivity index (χ0) is 21.2. The Balaban J connectivity index is 1.52. The Kier molecular flexibility index (Phi) is 6.36. The average Bonchev–Trinajstić information content (AvgIpc) is 2.86. The van der Waals surface area contributed by atoms with Gasteiger partial charge in [0, 0.05) is 19.6 Å². The molecule has 1 unspecified atom stereocenters. The van der Waals surface area contributed by atoms with E-state index in [1.54, 1.807) is 21.9 Å².